The van der Waals surface area contributed by atoms with Crippen molar-refractivity contribution in [2.24, 2.45) is 11.7 Å². The molecule has 0 saturated heterocycles. The van der Waals surface area contributed by atoms with Crippen molar-refractivity contribution in [2.45, 2.75) is 31.7 Å². The van der Waals surface area contributed by atoms with Crippen molar-refractivity contribution < 1.29 is 14.7 Å². The monoisotopic (exact) mass is 296 g/mol. The van der Waals surface area contributed by atoms with Gasteiger partial charge in [-0.3, -0.25) is 4.79 Å². The van der Waals surface area contributed by atoms with Crippen molar-refractivity contribution in [3.05, 3.63) is 28.8 Å². The number of rotatable bonds is 3. The van der Waals surface area contributed by atoms with Crippen LogP contribution in [0.3, 0.4) is 0 Å². The summed E-state index contributed by atoms with van der Waals surface area (Å²) >= 11 is 5.85. The summed E-state index contributed by atoms with van der Waals surface area (Å²) in [4.78, 5) is 23.1. The Bertz CT molecular complexity index is 533. The molecule has 1 aliphatic rings. The molecule has 2 atom stereocenters. The van der Waals surface area contributed by atoms with E-state index in [1.54, 1.807) is 0 Å². The fourth-order valence-electron chi connectivity index (χ4n) is 2.50. The first-order chi connectivity index (χ1) is 9.45. The summed E-state index contributed by atoms with van der Waals surface area (Å²) in [5, 5.41) is 12.0. The summed E-state index contributed by atoms with van der Waals surface area (Å²) < 4.78 is 0. The second kappa shape index (κ2) is 6.24. The van der Waals surface area contributed by atoms with E-state index in [1.165, 1.54) is 18.2 Å². The highest BCUT2D eigenvalue weighted by molar-refractivity contribution is 6.31. The van der Waals surface area contributed by atoms with Gasteiger partial charge in [0.25, 0.3) is 0 Å². The number of carboxylic acids is 1. The lowest BCUT2D eigenvalue weighted by atomic mass is 9.85. The fraction of sp³-hybridized carbons (Fsp3) is 0.429. The molecule has 1 aromatic rings. The molecule has 1 aliphatic carbocycles. The number of benzene rings is 1. The third-order valence-corrected chi connectivity index (χ3v) is 3.72. The van der Waals surface area contributed by atoms with Gasteiger partial charge in [0, 0.05) is 22.7 Å². The van der Waals surface area contributed by atoms with Gasteiger partial charge in [-0.1, -0.05) is 18.0 Å². The SMILES string of the molecule is NC1CCCC(C(=O)Nc2cc(Cl)cc(C(=O)O)c2)C1. The van der Waals surface area contributed by atoms with E-state index in [9.17, 15) is 9.59 Å². The minimum absolute atomic E-state index is 0.0492. The van der Waals surface area contributed by atoms with E-state index in [1.807, 2.05) is 0 Å². The van der Waals surface area contributed by atoms with Gasteiger partial charge in [-0.15, -0.1) is 0 Å². The van der Waals surface area contributed by atoms with Crippen molar-refractivity contribution >= 4 is 29.2 Å². The van der Waals surface area contributed by atoms with Gasteiger partial charge in [0.15, 0.2) is 0 Å². The van der Waals surface area contributed by atoms with Crippen molar-refractivity contribution in [3.63, 3.8) is 0 Å². The van der Waals surface area contributed by atoms with Crippen LogP contribution in [0.15, 0.2) is 18.2 Å². The highest BCUT2D eigenvalue weighted by Gasteiger charge is 2.25. The number of amides is 1. The number of nitrogens with two attached hydrogens (primary N) is 1. The molecule has 5 nitrogen and oxygen atoms in total. The summed E-state index contributed by atoms with van der Waals surface area (Å²) in [6.45, 7) is 0. The smallest absolute Gasteiger partial charge is 0.335 e. The van der Waals surface area contributed by atoms with Gasteiger partial charge in [-0.25, -0.2) is 4.79 Å². The molecule has 6 heteroatoms. The van der Waals surface area contributed by atoms with Crippen LogP contribution < -0.4 is 11.1 Å². The Balaban J connectivity index is 2.09. The molecule has 0 radical (unpaired) electrons. The maximum absolute atomic E-state index is 12.1. The molecule has 0 aliphatic heterocycles. The number of carboxylic acid groups (broad SMARTS) is 1. The third-order valence-electron chi connectivity index (χ3n) is 3.50. The predicted octanol–water partition coefficient (Wildman–Crippen LogP) is 2.49. The van der Waals surface area contributed by atoms with E-state index in [0.29, 0.717) is 12.1 Å². The average Bonchev–Trinajstić information content (AvgIpc) is 2.37. The first-order valence-electron chi connectivity index (χ1n) is 6.56. The maximum Gasteiger partial charge on any atom is 0.335 e. The highest BCUT2D eigenvalue weighted by atomic mass is 35.5. The van der Waals surface area contributed by atoms with Gasteiger partial charge in [0.1, 0.15) is 0 Å². The number of halogens is 1. The molecular formula is C14H17ClN2O3. The summed E-state index contributed by atoms with van der Waals surface area (Å²) in [6.07, 6.45) is 3.36. The minimum Gasteiger partial charge on any atom is -0.478 e. The van der Waals surface area contributed by atoms with Gasteiger partial charge in [-0.2, -0.15) is 0 Å². The molecular weight excluding hydrogens is 280 g/mol. The minimum atomic E-state index is -1.08. The lowest BCUT2D eigenvalue weighted by Crippen LogP contribution is -2.34. The van der Waals surface area contributed by atoms with Crippen LogP contribution in [0.2, 0.25) is 5.02 Å². The Labute approximate surface area is 122 Å². The van der Waals surface area contributed by atoms with Crippen molar-refractivity contribution in [3.8, 4) is 0 Å². The van der Waals surface area contributed by atoms with Crippen LogP contribution >= 0.6 is 11.6 Å². The number of anilines is 1. The lowest BCUT2D eigenvalue weighted by Gasteiger charge is -2.25. The Morgan fingerprint density at radius 3 is 2.70 bits per heavy atom. The van der Waals surface area contributed by atoms with Crippen LogP contribution in [0.4, 0.5) is 5.69 Å². The normalized spacial score (nSPS) is 22.3. The Morgan fingerprint density at radius 1 is 1.30 bits per heavy atom. The Morgan fingerprint density at radius 2 is 2.05 bits per heavy atom. The van der Waals surface area contributed by atoms with Gasteiger partial charge >= 0.3 is 5.97 Å². The summed E-state index contributed by atoms with van der Waals surface area (Å²) in [6, 6.07) is 4.34. The number of nitrogens with one attached hydrogen (secondary N) is 1. The zero-order valence-electron chi connectivity index (χ0n) is 10.9. The molecule has 1 amide bonds. The van der Waals surface area contributed by atoms with E-state index in [4.69, 9.17) is 22.4 Å². The van der Waals surface area contributed by atoms with Gasteiger partial charge < -0.3 is 16.2 Å². The lowest BCUT2D eigenvalue weighted by molar-refractivity contribution is -0.120. The van der Waals surface area contributed by atoms with Crippen LogP contribution in [-0.4, -0.2) is 23.0 Å². The molecule has 2 unspecified atom stereocenters. The summed E-state index contributed by atoms with van der Waals surface area (Å²) in [5.41, 5.74) is 6.32. The zero-order valence-corrected chi connectivity index (χ0v) is 11.7. The Kier molecular flexibility index (Phi) is 4.62. The second-order valence-corrected chi connectivity index (χ2v) is 5.58. The van der Waals surface area contributed by atoms with Crippen molar-refractivity contribution in [2.75, 3.05) is 5.32 Å². The van der Waals surface area contributed by atoms with Gasteiger partial charge in [-0.05, 0) is 37.5 Å². The van der Waals surface area contributed by atoms with E-state index < -0.39 is 5.97 Å². The molecule has 0 spiro atoms. The zero-order chi connectivity index (χ0) is 14.7. The van der Waals surface area contributed by atoms with Crippen molar-refractivity contribution in [1.29, 1.82) is 0 Å². The average molecular weight is 297 g/mol. The number of hydrogen-bond donors (Lipinski definition) is 3. The van der Waals surface area contributed by atoms with Crippen LogP contribution in [0.25, 0.3) is 0 Å². The molecule has 1 aromatic carbocycles. The molecule has 2 rings (SSSR count). The topological polar surface area (TPSA) is 92.4 Å². The molecule has 108 valence electrons. The molecule has 20 heavy (non-hydrogen) atoms. The predicted molar refractivity (Wildman–Crippen MR) is 77.0 cm³/mol. The number of hydrogen-bond acceptors (Lipinski definition) is 3. The number of aromatic carboxylic acids is 1. The number of carbonyl (C=O) groups is 2. The Hall–Kier alpha value is -1.59. The van der Waals surface area contributed by atoms with Crippen LogP contribution in [0.1, 0.15) is 36.0 Å². The van der Waals surface area contributed by atoms with Crippen molar-refractivity contribution in [1.82, 2.24) is 0 Å². The molecule has 4 N–H and O–H groups in total. The first kappa shape index (κ1) is 14.8. The van der Waals surface area contributed by atoms with Crippen LogP contribution in [0, 0.1) is 5.92 Å². The molecule has 0 bridgehead atoms. The van der Waals surface area contributed by atoms with E-state index >= 15 is 0 Å². The van der Waals surface area contributed by atoms with E-state index in [0.717, 1.165) is 19.3 Å². The fourth-order valence-corrected chi connectivity index (χ4v) is 2.73. The summed E-state index contributed by atoms with van der Waals surface area (Å²) in [7, 11) is 0. The van der Waals surface area contributed by atoms with Crippen LogP contribution in [-0.2, 0) is 4.79 Å². The second-order valence-electron chi connectivity index (χ2n) is 5.15. The first-order valence-corrected chi connectivity index (χ1v) is 6.94. The van der Waals surface area contributed by atoms with Gasteiger partial charge in [0.05, 0.1) is 5.56 Å². The van der Waals surface area contributed by atoms with E-state index in [-0.39, 0.29) is 28.5 Å². The standard InChI is InChI=1S/C14H17ClN2O3/c15-10-4-9(14(19)20)6-12(7-10)17-13(18)8-2-1-3-11(16)5-8/h4,6-8,11H,1-3,5,16H2,(H,17,18)(H,19,20). The van der Waals surface area contributed by atoms with Gasteiger partial charge in [0.2, 0.25) is 5.91 Å². The quantitative estimate of drug-likeness (QED) is 0.799. The molecule has 1 fully saturated rings. The highest BCUT2D eigenvalue weighted by Crippen LogP contribution is 2.25. The molecule has 0 heterocycles. The molecule has 0 aromatic heterocycles. The third kappa shape index (κ3) is 3.71. The largest absolute Gasteiger partial charge is 0.478 e. The number of carbonyl (C=O) groups excluding carboxylic acids is 1. The summed E-state index contributed by atoms with van der Waals surface area (Å²) in [5.74, 6) is -1.33. The maximum atomic E-state index is 12.1. The van der Waals surface area contributed by atoms with E-state index in [2.05, 4.69) is 5.32 Å². The molecule has 1 saturated carbocycles. The van der Waals surface area contributed by atoms with Crippen LogP contribution in [0.5, 0.6) is 0 Å².